The Balaban J connectivity index is 0.00000200. The van der Waals surface area contributed by atoms with Crippen LogP contribution in [0.25, 0.3) is 0 Å². The first-order valence-corrected chi connectivity index (χ1v) is 6.88. The van der Waals surface area contributed by atoms with Crippen LogP contribution in [0.1, 0.15) is 36.1 Å². The fourth-order valence-corrected chi connectivity index (χ4v) is 2.43. The lowest BCUT2D eigenvalue weighted by atomic mass is 10.1. The van der Waals surface area contributed by atoms with Gasteiger partial charge in [0.1, 0.15) is 5.76 Å². The normalized spacial score (nSPS) is 19.4. The van der Waals surface area contributed by atoms with Crippen LogP contribution in [-0.2, 0) is 11.3 Å². The lowest BCUT2D eigenvalue weighted by Gasteiger charge is -2.31. The topological polar surface area (TPSA) is 54.7 Å². The lowest BCUT2D eigenvalue weighted by molar-refractivity contribution is 0.0485. The summed E-state index contributed by atoms with van der Waals surface area (Å²) in [7, 11) is 2.00. The Kier molecular flexibility index (Phi) is 7.05. The average Bonchev–Trinajstić information content (AvgIpc) is 2.88. The van der Waals surface area contributed by atoms with E-state index in [1.165, 1.54) is 12.8 Å². The summed E-state index contributed by atoms with van der Waals surface area (Å²) >= 11 is 0. The van der Waals surface area contributed by atoms with Crippen LogP contribution in [0, 0.1) is 0 Å². The zero-order valence-corrected chi connectivity index (χ0v) is 12.9. The van der Waals surface area contributed by atoms with Crippen LogP contribution >= 0.6 is 12.4 Å². The summed E-state index contributed by atoms with van der Waals surface area (Å²) in [4.78, 5) is 13.9. The Morgan fingerprint density at radius 1 is 1.55 bits per heavy atom. The molecule has 20 heavy (non-hydrogen) atoms. The lowest BCUT2D eigenvalue weighted by Crippen LogP contribution is -2.43. The highest BCUT2D eigenvalue weighted by molar-refractivity contribution is 5.86. The minimum absolute atomic E-state index is 0. The van der Waals surface area contributed by atoms with E-state index in [4.69, 9.17) is 9.15 Å². The Morgan fingerprint density at radius 3 is 3.05 bits per heavy atom. The Bertz CT molecular complexity index is 422. The third-order valence-electron chi connectivity index (χ3n) is 3.43. The van der Waals surface area contributed by atoms with Gasteiger partial charge in [-0.1, -0.05) is 0 Å². The Labute approximate surface area is 126 Å². The summed E-state index contributed by atoms with van der Waals surface area (Å²) < 4.78 is 10.4. The van der Waals surface area contributed by atoms with Gasteiger partial charge in [-0.2, -0.15) is 0 Å². The highest BCUT2D eigenvalue weighted by Gasteiger charge is 2.20. The van der Waals surface area contributed by atoms with E-state index in [2.05, 4.69) is 10.2 Å². The third kappa shape index (κ3) is 4.51. The van der Waals surface area contributed by atoms with Crippen LogP contribution in [0.5, 0.6) is 0 Å². The number of nitrogens with zero attached hydrogens (tertiary/aromatic N) is 1. The molecule has 114 valence electrons. The van der Waals surface area contributed by atoms with E-state index in [9.17, 15) is 4.79 Å². The smallest absolute Gasteiger partial charge is 0.374 e. The molecular weight excluding hydrogens is 280 g/mol. The highest BCUT2D eigenvalue weighted by atomic mass is 35.5. The quantitative estimate of drug-likeness (QED) is 0.844. The first-order chi connectivity index (χ1) is 9.22. The first-order valence-electron chi connectivity index (χ1n) is 6.88. The van der Waals surface area contributed by atoms with Crippen molar-refractivity contribution in [3.8, 4) is 0 Å². The maximum atomic E-state index is 11.5. The fraction of sp³-hybridized carbons (Fsp3) is 0.643. The molecule has 1 saturated heterocycles. The van der Waals surface area contributed by atoms with E-state index in [-0.39, 0.29) is 18.4 Å². The zero-order valence-electron chi connectivity index (χ0n) is 12.1. The van der Waals surface area contributed by atoms with Gasteiger partial charge in [0.05, 0.1) is 13.2 Å². The predicted octanol–water partition coefficient (Wildman–Crippen LogP) is 2.06. The van der Waals surface area contributed by atoms with E-state index >= 15 is 0 Å². The molecule has 2 heterocycles. The fourth-order valence-electron chi connectivity index (χ4n) is 2.43. The van der Waals surface area contributed by atoms with Gasteiger partial charge >= 0.3 is 5.97 Å². The summed E-state index contributed by atoms with van der Waals surface area (Å²) in [6.45, 7) is 5.00. The molecule has 1 aromatic heterocycles. The minimum Gasteiger partial charge on any atom is -0.460 e. The van der Waals surface area contributed by atoms with Crippen LogP contribution < -0.4 is 5.32 Å². The molecular formula is C14H23ClN2O3. The van der Waals surface area contributed by atoms with Gasteiger partial charge < -0.3 is 14.5 Å². The predicted molar refractivity (Wildman–Crippen MR) is 79.3 cm³/mol. The van der Waals surface area contributed by atoms with Crippen molar-refractivity contribution >= 4 is 18.4 Å². The SMILES string of the molecule is CCOC(=O)c1ccc(CN2CCCC(NC)C2)o1.Cl. The number of nitrogens with one attached hydrogen (secondary N) is 1. The second-order valence-electron chi connectivity index (χ2n) is 4.85. The van der Waals surface area contributed by atoms with Gasteiger partial charge in [0.25, 0.3) is 0 Å². The number of piperidine rings is 1. The maximum Gasteiger partial charge on any atom is 0.374 e. The molecule has 0 aromatic carbocycles. The van der Waals surface area contributed by atoms with Gasteiger partial charge in [0.15, 0.2) is 0 Å². The number of esters is 1. The molecule has 0 aliphatic carbocycles. The van der Waals surface area contributed by atoms with E-state index in [1.807, 2.05) is 13.1 Å². The minimum atomic E-state index is -0.388. The van der Waals surface area contributed by atoms with Gasteiger partial charge in [0.2, 0.25) is 5.76 Å². The van der Waals surface area contributed by atoms with Crippen molar-refractivity contribution in [1.29, 1.82) is 0 Å². The summed E-state index contributed by atoms with van der Waals surface area (Å²) in [5, 5.41) is 3.31. The molecule has 0 bridgehead atoms. The van der Waals surface area contributed by atoms with Crippen LogP contribution in [-0.4, -0.2) is 43.7 Å². The number of ether oxygens (including phenoxy) is 1. The molecule has 0 spiro atoms. The van der Waals surface area contributed by atoms with E-state index < -0.39 is 0 Å². The van der Waals surface area contributed by atoms with Crippen molar-refractivity contribution < 1.29 is 13.9 Å². The molecule has 2 rings (SSSR count). The summed E-state index contributed by atoms with van der Waals surface area (Å²) in [6.07, 6.45) is 2.41. The molecule has 0 amide bonds. The number of carbonyl (C=O) groups excluding carboxylic acids is 1. The number of halogens is 1. The van der Waals surface area contributed by atoms with Crippen molar-refractivity contribution in [2.24, 2.45) is 0 Å². The van der Waals surface area contributed by atoms with E-state index in [0.717, 1.165) is 25.4 Å². The Hall–Kier alpha value is -1.04. The number of rotatable bonds is 5. The van der Waals surface area contributed by atoms with Crippen molar-refractivity contribution in [3.05, 3.63) is 23.7 Å². The standard InChI is InChI=1S/C14H22N2O3.ClH/c1-3-18-14(17)13-7-6-12(19-13)10-16-8-4-5-11(9-16)15-2;/h6-7,11,15H,3-5,8-10H2,1-2H3;1H. The maximum absolute atomic E-state index is 11.5. The third-order valence-corrected chi connectivity index (χ3v) is 3.43. The Morgan fingerprint density at radius 2 is 2.35 bits per heavy atom. The van der Waals surface area contributed by atoms with Crippen molar-refractivity contribution in [1.82, 2.24) is 10.2 Å². The van der Waals surface area contributed by atoms with E-state index in [1.54, 1.807) is 13.0 Å². The monoisotopic (exact) mass is 302 g/mol. The number of carbonyl (C=O) groups is 1. The highest BCUT2D eigenvalue weighted by Crippen LogP contribution is 2.16. The number of hydrogen-bond donors (Lipinski definition) is 1. The van der Waals surface area contributed by atoms with Crippen LogP contribution in [0.2, 0.25) is 0 Å². The zero-order chi connectivity index (χ0) is 13.7. The summed E-state index contributed by atoms with van der Waals surface area (Å²) in [5.41, 5.74) is 0. The number of furan rings is 1. The molecule has 0 saturated carbocycles. The number of likely N-dealkylation sites (N-methyl/N-ethyl adjacent to an activating group) is 1. The molecule has 5 nitrogen and oxygen atoms in total. The molecule has 1 aromatic rings. The summed E-state index contributed by atoms with van der Waals surface area (Å²) in [6, 6.07) is 4.09. The summed E-state index contributed by atoms with van der Waals surface area (Å²) in [5.74, 6) is 0.722. The number of hydrogen-bond acceptors (Lipinski definition) is 5. The van der Waals surface area contributed by atoms with Gasteiger partial charge in [-0.15, -0.1) is 12.4 Å². The van der Waals surface area contributed by atoms with E-state index in [0.29, 0.717) is 18.4 Å². The van der Waals surface area contributed by atoms with Gasteiger partial charge in [0, 0.05) is 12.6 Å². The van der Waals surface area contributed by atoms with Crippen molar-refractivity contribution in [2.45, 2.75) is 32.4 Å². The molecule has 0 radical (unpaired) electrons. The molecule has 6 heteroatoms. The van der Waals surface area contributed by atoms with Crippen LogP contribution in [0.15, 0.2) is 16.5 Å². The largest absolute Gasteiger partial charge is 0.460 e. The van der Waals surface area contributed by atoms with Gasteiger partial charge in [-0.05, 0) is 45.5 Å². The second-order valence-corrected chi connectivity index (χ2v) is 4.85. The molecule has 1 fully saturated rings. The first kappa shape index (κ1) is 17.0. The second kappa shape index (κ2) is 8.29. The molecule has 1 unspecified atom stereocenters. The van der Waals surface area contributed by atoms with Crippen LogP contribution in [0.4, 0.5) is 0 Å². The van der Waals surface area contributed by atoms with Crippen LogP contribution in [0.3, 0.4) is 0 Å². The molecule has 1 aliphatic heterocycles. The molecule has 1 N–H and O–H groups in total. The van der Waals surface area contributed by atoms with Crippen molar-refractivity contribution in [3.63, 3.8) is 0 Å². The van der Waals surface area contributed by atoms with Crippen molar-refractivity contribution in [2.75, 3.05) is 26.7 Å². The average molecular weight is 303 g/mol. The number of likely N-dealkylation sites (tertiary alicyclic amines) is 1. The molecule has 1 atom stereocenters. The van der Waals surface area contributed by atoms with Gasteiger partial charge in [-0.25, -0.2) is 4.79 Å². The molecule has 1 aliphatic rings. The van der Waals surface area contributed by atoms with Gasteiger partial charge in [-0.3, -0.25) is 4.90 Å².